The predicted octanol–water partition coefficient (Wildman–Crippen LogP) is 2.67. The highest BCUT2D eigenvalue weighted by Gasteiger charge is 2.24. The van der Waals surface area contributed by atoms with Crippen LogP contribution in [0.4, 0.5) is 0 Å². The van der Waals surface area contributed by atoms with Gasteiger partial charge in [-0.2, -0.15) is 11.8 Å². The zero-order chi connectivity index (χ0) is 15.6. The van der Waals surface area contributed by atoms with Crippen molar-refractivity contribution in [3.63, 3.8) is 0 Å². The maximum absolute atomic E-state index is 6.15. The van der Waals surface area contributed by atoms with Gasteiger partial charge in [0.15, 0.2) is 17.5 Å². The molecule has 2 aliphatic rings. The number of hydrogen-bond donors (Lipinski definition) is 1. The standard InChI is InChI=1S/C16H23N3O2S.HI/c1-16(2,10-18-15(17)19-5-7-22-8-6-19)12-3-4-13-14(9-12)21-11-20-13;/h3-4,9H,5-8,10-11H2,1-2H3,(H2,17,18);1H. The van der Waals surface area contributed by atoms with Crippen LogP contribution in [0.1, 0.15) is 19.4 Å². The molecule has 2 heterocycles. The first-order chi connectivity index (χ1) is 10.6. The molecule has 0 amide bonds. The third-order valence-corrected chi connectivity index (χ3v) is 5.07. The molecule has 0 aromatic heterocycles. The summed E-state index contributed by atoms with van der Waals surface area (Å²) in [5.74, 6) is 4.54. The summed E-state index contributed by atoms with van der Waals surface area (Å²) in [5, 5.41) is 0. The van der Waals surface area contributed by atoms with Gasteiger partial charge < -0.3 is 20.1 Å². The molecular formula is C16H24IN3O2S. The number of nitrogens with two attached hydrogens (primary N) is 1. The highest BCUT2D eigenvalue weighted by Crippen LogP contribution is 2.36. The van der Waals surface area contributed by atoms with Crippen molar-refractivity contribution >= 4 is 41.7 Å². The Hall–Kier alpha value is -0.830. The summed E-state index contributed by atoms with van der Waals surface area (Å²) in [5.41, 5.74) is 7.23. The molecule has 2 aliphatic heterocycles. The molecule has 1 aromatic rings. The molecule has 0 radical (unpaired) electrons. The zero-order valence-electron chi connectivity index (χ0n) is 13.6. The lowest BCUT2D eigenvalue weighted by atomic mass is 9.84. The fourth-order valence-corrected chi connectivity index (χ4v) is 3.48. The van der Waals surface area contributed by atoms with Gasteiger partial charge in [0.25, 0.3) is 0 Å². The van der Waals surface area contributed by atoms with Crippen LogP contribution < -0.4 is 15.2 Å². The highest BCUT2D eigenvalue weighted by atomic mass is 127. The molecule has 0 atom stereocenters. The number of ether oxygens (including phenoxy) is 2. The summed E-state index contributed by atoms with van der Waals surface area (Å²) in [6, 6.07) is 6.09. The van der Waals surface area contributed by atoms with Crippen LogP contribution in [0.2, 0.25) is 0 Å². The molecule has 23 heavy (non-hydrogen) atoms. The minimum absolute atomic E-state index is 0. The smallest absolute Gasteiger partial charge is 0.231 e. The van der Waals surface area contributed by atoms with E-state index < -0.39 is 0 Å². The summed E-state index contributed by atoms with van der Waals surface area (Å²) in [6.07, 6.45) is 0. The van der Waals surface area contributed by atoms with Gasteiger partial charge in [-0.05, 0) is 17.7 Å². The first kappa shape index (κ1) is 18.5. The molecule has 7 heteroatoms. The lowest BCUT2D eigenvalue weighted by Gasteiger charge is -2.29. The van der Waals surface area contributed by atoms with Crippen LogP contribution >= 0.6 is 35.7 Å². The van der Waals surface area contributed by atoms with Crippen LogP contribution in [0.5, 0.6) is 11.5 Å². The summed E-state index contributed by atoms with van der Waals surface area (Å²) >= 11 is 1.97. The highest BCUT2D eigenvalue weighted by molar-refractivity contribution is 14.0. The van der Waals surface area contributed by atoms with E-state index in [1.54, 1.807) is 0 Å². The van der Waals surface area contributed by atoms with E-state index in [-0.39, 0.29) is 29.4 Å². The summed E-state index contributed by atoms with van der Waals surface area (Å²) in [4.78, 5) is 6.80. The SMILES string of the molecule is CC(C)(CN=C(N)N1CCSCC1)c1ccc2c(c1)OCO2.I. The van der Waals surface area contributed by atoms with E-state index in [0.717, 1.165) is 36.1 Å². The molecule has 0 bridgehead atoms. The molecule has 0 aliphatic carbocycles. The Bertz CT molecular complexity index is 574. The van der Waals surface area contributed by atoms with Crippen molar-refractivity contribution in [3.05, 3.63) is 23.8 Å². The van der Waals surface area contributed by atoms with Crippen LogP contribution in [0.15, 0.2) is 23.2 Å². The van der Waals surface area contributed by atoms with Gasteiger partial charge in [-0.15, -0.1) is 24.0 Å². The third kappa shape index (κ3) is 4.37. The predicted molar refractivity (Wildman–Crippen MR) is 106 cm³/mol. The summed E-state index contributed by atoms with van der Waals surface area (Å²) in [7, 11) is 0. The van der Waals surface area contributed by atoms with E-state index in [9.17, 15) is 0 Å². The summed E-state index contributed by atoms with van der Waals surface area (Å²) in [6.45, 7) is 7.29. The second kappa shape index (κ2) is 7.83. The van der Waals surface area contributed by atoms with Crippen molar-refractivity contribution in [3.8, 4) is 11.5 Å². The van der Waals surface area contributed by atoms with Gasteiger partial charge in [0.05, 0.1) is 6.54 Å². The van der Waals surface area contributed by atoms with Crippen LogP contribution in [-0.2, 0) is 5.41 Å². The van der Waals surface area contributed by atoms with Crippen LogP contribution in [-0.4, -0.2) is 48.8 Å². The number of rotatable bonds is 3. The fourth-order valence-electron chi connectivity index (χ4n) is 2.58. The molecule has 1 aromatic carbocycles. The number of nitrogens with zero attached hydrogens (tertiary/aromatic N) is 2. The number of fused-ring (bicyclic) bond motifs is 1. The molecule has 1 saturated heterocycles. The van der Waals surface area contributed by atoms with Gasteiger partial charge in [-0.1, -0.05) is 19.9 Å². The lowest BCUT2D eigenvalue weighted by Crippen LogP contribution is -2.43. The average molecular weight is 449 g/mol. The summed E-state index contributed by atoms with van der Waals surface area (Å²) < 4.78 is 10.8. The maximum Gasteiger partial charge on any atom is 0.231 e. The number of halogens is 1. The van der Waals surface area contributed by atoms with E-state index >= 15 is 0 Å². The number of aliphatic imine (C=N–C) groups is 1. The number of hydrogen-bond acceptors (Lipinski definition) is 4. The van der Waals surface area contributed by atoms with E-state index in [0.29, 0.717) is 19.3 Å². The Morgan fingerprint density at radius 1 is 1.26 bits per heavy atom. The second-order valence-electron chi connectivity index (χ2n) is 6.23. The molecule has 1 fully saturated rings. The minimum atomic E-state index is -0.101. The minimum Gasteiger partial charge on any atom is -0.454 e. The molecule has 128 valence electrons. The Labute approximate surface area is 159 Å². The van der Waals surface area contributed by atoms with E-state index in [1.165, 1.54) is 5.56 Å². The number of thioether (sulfide) groups is 1. The lowest BCUT2D eigenvalue weighted by molar-refractivity contribution is 0.174. The van der Waals surface area contributed by atoms with Crippen molar-refractivity contribution < 1.29 is 9.47 Å². The molecule has 0 unspecified atom stereocenters. The maximum atomic E-state index is 6.15. The van der Waals surface area contributed by atoms with Gasteiger partial charge in [0.2, 0.25) is 6.79 Å². The Balaban J connectivity index is 0.00000192. The topological polar surface area (TPSA) is 60.1 Å². The van der Waals surface area contributed by atoms with Gasteiger partial charge in [-0.25, -0.2) is 0 Å². The van der Waals surface area contributed by atoms with E-state index in [4.69, 9.17) is 15.2 Å². The normalized spacial score (nSPS) is 17.8. The van der Waals surface area contributed by atoms with Crippen molar-refractivity contribution in [2.45, 2.75) is 19.3 Å². The van der Waals surface area contributed by atoms with Crippen molar-refractivity contribution in [2.24, 2.45) is 10.7 Å². The van der Waals surface area contributed by atoms with Crippen LogP contribution in [0.3, 0.4) is 0 Å². The first-order valence-corrected chi connectivity index (χ1v) is 8.74. The second-order valence-corrected chi connectivity index (χ2v) is 7.45. The quantitative estimate of drug-likeness (QED) is 0.437. The van der Waals surface area contributed by atoms with Gasteiger partial charge in [0, 0.05) is 30.0 Å². The Kier molecular flexibility index (Phi) is 6.30. The van der Waals surface area contributed by atoms with Crippen LogP contribution in [0.25, 0.3) is 0 Å². The van der Waals surface area contributed by atoms with E-state index in [2.05, 4.69) is 29.8 Å². The Morgan fingerprint density at radius 2 is 1.96 bits per heavy atom. The molecular weight excluding hydrogens is 425 g/mol. The molecule has 2 N–H and O–H groups in total. The number of benzene rings is 1. The molecule has 0 saturated carbocycles. The van der Waals surface area contributed by atoms with Crippen molar-refractivity contribution in [1.29, 1.82) is 0 Å². The largest absolute Gasteiger partial charge is 0.454 e. The van der Waals surface area contributed by atoms with E-state index in [1.807, 2.05) is 23.9 Å². The van der Waals surface area contributed by atoms with Crippen molar-refractivity contribution in [2.75, 3.05) is 37.9 Å². The van der Waals surface area contributed by atoms with Crippen molar-refractivity contribution in [1.82, 2.24) is 4.90 Å². The third-order valence-electron chi connectivity index (χ3n) is 4.13. The van der Waals surface area contributed by atoms with Gasteiger partial charge in [0.1, 0.15) is 0 Å². The fraction of sp³-hybridized carbons (Fsp3) is 0.562. The van der Waals surface area contributed by atoms with Gasteiger partial charge in [-0.3, -0.25) is 4.99 Å². The van der Waals surface area contributed by atoms with Gasteiger partial charge >= 0.3 is 0 Å². The van der Waals surface area contributed by atoms with Crippen LogP contribution in [0, 0.1) is 0 Å². The number of guanidine groups is 1. The Morgan fingerprint density at radius 3 is 2.70 bits per heavy atom. The average Bonchev–Trinajstić information content (AvgIpc) is 3.01. The first-order valence-electron chi connectivity index (χ1n) is 7.59. The molecule has 5 nitrogen and oxygen atoms in total. The monoisotopic (exact) mass is 449 g/mol. The molecule has 0 spiro atoms. The zero-order valence-corrected chi connectivity index (χ0v) is 16.7. The molecule has 3 rings (SSSR count).